The second-order valence-electron chi connectivity index (χ2n) is 4.30. The quantitative estimate of drug-likeness (QED) is 0.859. The zero-order valence-electron chi connectivity index (χ0n) is 9.99. The minimum absolute atomic E-state index is 0.0610. The van der Waals surface area contributed by atoms with E-state index in [2.05, 4.69) is 5.32 Å². The summed E-state index contributed by atoms with van der Waals surface area (Å²) in [5, 5.41) is 2.67. The summed E-state index contributed by atoms with van der Waals surface area (Å²) in [6.45, 7) is 1.18. The van der Waals surface area contributed by atoms with Gasteiger partial charge in [0.15, 0.2) is 0 Å². The van der Waals surface area contributed by atoms with Gasteiger partial charge in [-0.1, -0.05) is 12.1 Å². The van der Waals surface area contributed by atoms with Crippen molar-refractivity contribution in [3.63, 3.8) is 0 Å². The molecule has 1 fully saturated rings. The van der Waals surface area contributed by atoms with Gasteiger partial charge < -0.3 is 10.2 Å². The maximum Gasteiger partial charge on any atom is 0.239 e. The van der Waals surface area contributed by atoms with E-state index in [1.165, 1.54) is 17.0 Å². The lowest BCUT2D eigenvalue weighted by Gasteiger charge is -2.26. The van der Waals surface area contributed by atoms with Crippen LogP contribution >= 0.6 is 0 Å². The van der Waals surface area contributed by atoms with Gasteiger partial charge in [-0.2, -0.15) is 0 Å². The summed E-state index contributed by atoms with van der Waals surface area (Å²) in [6, 6.07) is 6.22. The maximum absolute atomic E-state index is 12.9. The van der Waals surface area contributed by atoms with Crippen LogP contribution in [-0.4, -0.2) is 36.3 Å². The average molecular weight is 250 g/mol. The van der Waals surface area contributed by atoms with Gasteiger partial charge in [0, 0.05) is 19.5 Å². The molecule has 1 saturated heterocycles. The number of piperazine rings is 1. The van der Waals surface area contributed by atoms with Crippen molar-refractivity contribution in [3.8, 4) is 0 Å². The predicted octanol–water partition coefficient (Wildman–Crippen LogP) is 0.717. The molecule has 0 unspecified atom stereocenters. The highest BCUT2D eigenvalue weighted by atomic mass is 19.1. The number of hydrogen-bond acceptors (Lipinski definition) is 2. The molecular formula is C13H15FN2O2. The third-order valence-electron chi connectivity index (χ3n) is 2.91. The first-order valence-corrected chi connectivity index (χ1v) is 5.94. The Morgan fingerprint density at radius 3 is 3.00 bits per heavy atom. The highest BCUT2D eigenvalue weighted by Gasteiger charge is 2.20. The van der Waals surface area contributed by atoms with Crippen molar-refractivity contribution < 1.29 is 14.0 Å². The van der Waals surface area contributed by atoms with Crippen LogP contribution in [-0.2, 0) is 16.0 Å². The Hall–Kier alpha value is -1.91. The summed E-state index contributed by atoms with van der Waals surface area (Å²) in [6.07, 6.45) is 0.797. The fourth-order valence-corrected chi connectivity index (χ4v) is 1.95. The molecule has 1 heterocycles. The van der Waals surface area contributed by atoms with Gasteiger partial charge in [-0.15, -0.1) is 0 Å². The van der Waals surface area contributed by atoms with Gasteiger partial charge in [-0.3, -0.25) is 9.59 Å². The van der Waals surface area contributed by atoms with Gasteiger partial charge in [0.25, 0.3) is 0 Å². The van der Waals surface area contributed by atoms with Gasteiger partial charge in [-0.05, 0) is 24.1 Å². The molecule has 0 radical (unpaired) electrons. The second kappa shape index (κ2) is 5.62. The molecule has 1 aliphatic heterocycles. The van der Waals surface area contributed by atoms with E-state index < -0.39 is 0 Å². The van der Waals surface area contributed by atoms with Crippen molar-refractivity contribution in [2.24, 2.45) is 0 Å². The number of benzene rings is 1. The summed E-state index contributed by atoms with van der Waals surface area (Å²) in [4.78, 5) is 24.5. The highest BCUT2D eigenvalue weighted by Crippen LogP contribution is 2.08. The van der Waals surface area contributed by atoms with Crippen LogP contribution < -0.4 is 5.32 Å². The summed E-state index contributed by atoms with van der Waals surface area (Å²) in [5.41, 5.74) is 0.796. The SMILES string of the molecule is O=C1CN(C(=O)CCc2cccc(F)c2)CCN1. The summed E-state index contributed by atoms with van der Waals surface area (Å²) >= 11 is 0. The fraction of sp³-hybridized carbons (Fsp3) is 0.385. The Labute approximate surface area is 105 Å². The zero-order chi connectivity index (χ0) is 13.0. The van der Waals surface area contributed by atoms with E-state index in [1.807, 2.05) is 0 Å². The lowest BCUT2D eigenvalue weighted by atomic mass is 10.1. The van der Waals surface area contributed by atoms with E-state index in [9.17, 15) is 14.0 Å². The Morgan fingerprint density at radius 2 is 2.28 bits per heavy atom. The van der Waals surface area contributed by atoms with Crippen LogP contribution in [0.5, 0.6) is 0 Å². The van der Waals surface area contributed by atoms with E-state index >= 15 is 0 Å². The molecule has 0 bridgehead atoms. The number of rotatable bonds is 3. The lowest BCUT2D eigenvalue weighted by molar-refractivity contribution is -0.138. The van der Waals surface area contributed by atoms with Crippen LogP contribution in [0.15, 0.2) is 24.3 Å². The van der Waals surface area contributed by atoms with Crippen molar-refractivity contribution in [3.05, 3.63) is 35.6 Å². The van der Waals surface area contributed by atoms with E-state index in [0.29, 0.717) is 25.9 Å². The first kappa shape index (κ1) is 12.5. The molecule has 0 aromatic heterocycles. The number of aryl methyl sites for hydroxylation is 1. The molecular weight excluding hydrogens is 235 g/mol. The number of amides is 2. The van der Waals surface area contributed by atoms with Gasteiger partial charge in [0.2, 0.25) is 11.8 Å². The molecule has 4 nitrogen and oxygen atoms in total. The number of nitrogens with zero attached hydrogens (tertiary/aromatic N) is 1. The van der Waals surface area contributed by atoms with Crippen LogP contribution in [0.2, 0.25) is 0 Å². The van der Waals surface area contributed by atoms with E-state index in [-0.39, 0.29) is 24.2 Å². The molecule has 18 heavy (non-hydrogen) atoms. The Kier molecular flexibility index (Phi) is 3.92. The molecule has 0 saturated carbocycles. The number of nitrogens with one attached hydrogen (secondary N) is 1. The molecule has 1 N–H and O–H groups in total. The van der Waals surface area contributed by atoms with Gasteiger partial charge in [-0.25, -0.2) is 4.39 Å². The smallest absolute Gasteiger partial charge is 0.239 e. The molecule has 1 aromatic rings. The maximum atomic E-state index is 12.9. The number of carbonyl (C=O) groups excluding carboxylic acids is 2. The first-order valence-electron chi connectivity index (χ1n) is 5.94. The molecule has 0 aliphatic carbocycles. The minimum Gasteiger partial charge on any atom is -0.353 e. The molecule has 1 aromatic carbocycles. The van der Waals surface area contributed by atoms with Crippen molar-refractivity contribution in [1.29, 1.82) is 0 Å². The highest BCUT2D eigenvalue weighted by molar-refractivity contribution is 5.85. The Balaban J connectivity index is 1.86. The summed E-state index contributed by atoms with van der Waals surface area (Å²) in [7, 11) is 0. The van der Waals surface area contributed by atoms with E-state index in [1.54, 1.807) is 12.1 Å². The minimum atomic E-state index is -0.294. The fourth-order valence-electron chi connectivity index (χ4n) is 1.95. The van der Waals surface area contributed by atoms with Crippen molar-refractivity contribution in [1.82, 2.24) is 10.2 Å². The average Bonchev–Trinajstić information content (AvgIpc) is 2.36. The number of hydrogen-bond donors (Lipinski definition) is 1. The van der Waals surface area contributed by atoms with Gasteiger partial charge in [0.05, 0.1) is 6.54 Å². The van der Waals surface area contributed by atoms with Crippen LogP contribution in [0.4, 0.5) is 4.39 Å². The number of halogens is 1. The topological polar surface area (TPSA) is 49.4 Å². The first-order chi connectivity index (χ1) is 8.65. The van der Waals surface area contributed by atoms with Crippen LogP contribution in [0.25, 0.3) is 0 Å². The molecule has 0 spiro atoms. The normalized spacial score (nSPS) is 15.4. The van der Waals surface area contributed by atoms with Crippen molar-refractivity contribution in [2.45, 2.75) is 12.8 Å². The molecule has 96 valence electrons. The second-order valence-corrected chi connectivity index (χ2v) is 4.30. The number of carbonyl (C=O) groups is 2. The summed E-state index contributed by atoms with van der Waals surface area (Å²) < 4.78 is 12.9. The Morgan fingerprint density at radius 1 is 1.44 bits per heavy atom. The lowest BCUT2D eigenvalue weighted by Crippen LogP contribution is -2.50. The van der Waals surface area contributed by atoms with Crippen LogP contribution in [0, 0.1) is 5.82 Å². The molecule has 2 rings (SSSR count). The molecule has 2 amide bonds. The molecule has 5 heteroatoms. The van der Waals surface area contributed by atoms with Crippen LogP contribution in [0.3, 0.4) is 0 Å². The Bertz CT molecular complexity index is 462. The standard InChI is InChI=1S/C13H15FN2O2/c14-11-3-1-2-10(8-11)4-5-13(18)16-7-6-15-12(17)9-16/h1-3,8H,4-7,9H2,(H,15,17). The largest absolute Gasteiger partial charge is 0.353 e. The van der Waals surface area contributed by atoms with E-state index in [4.69, 9.17) is 0 Å². The van der Waals surface area contributed by atoms with Gasteiger partial charge in [0.1, 0.15) is 5.82 Å². The van der Waals surface area contributed by atoms with E-state index in [0.717, 1.165) is 5.56 Å². The van der Waals surface area contributed by atoms with Crippen molar-refractivity contribution >= 4 is 11.8 Å². The van der Waals surface area contributed by atoms with Crippen molar-refractivity contribution in [2.75, 3.05) is 19.6 Å². The predicted molar refractivity (Wildman–Crippen MR) is 64.3 cm³/mol. The summed E-state index contributed by atoms with van der Waals surface area (Å²) in [5.74, 6) is -0.480. The monoisotopic (exact) mass is 250 g/mol. The molecule has 0 atom stereocenters. The third kappa shape index (κ3) is 3.29. The third-order valence-corrected chi connectivity index (χ3v) is 2.91. The van der Waals surface area contributed by atoms with Crippen LogP contribution in [0.1, 0.15) is 12.0 Å². The molecule has 1 aliphatic rings. The van der Waals surface area contributed by atoms with Gasteiger partial charge >= 0.3 is 0 Å². The zero-order valence-corrected chi connectivity index (χ0v) is 9.99.